The third-order valence-electron chi connectivity index (χ3n) is 3.50. The quantitative estimate of drug-likeness (QED) is 0.566. The minimum absolute atomic E-state index is 0.0871. The molecule has 1 aromatic heterocycles. The summed E-state index contributed by atoms with van der Waals surface area (Å²) < 4.78 is 5.17. The van der Waals surface area contributed by atoms with E-state index in [9.17, 15) is 4.79 Å². The summed E-state index contributed by atoms with van der Waals surface area (Å²) in [6.07, 6.45) is 1.53. The number of methoxy groups -OCH3 is 1. The van der Waals surface area contributed by atoms with E-state index in [1.807, 2.05) is 49.4 Å². The first-order valence-corrected chi connectivity index (χ1v) is 8.36. The maximum atomic E-state index is 12.4. The van der Waals surface area contributed by atoms with Gasteiger partial charge in [0.25, 0.3) is 0 Å². The number of nitrogens with one attached hydrogen (secondary N) is 1. The number of thioether (sulfide) groups is 1. The van der Waals surface area contributed by atoms with Gasteiger partial charge in [0.2, 0.25) is 5.91 Å². The van der Waals surface area contributed by atoms with E-state index in [0.717, 1.165) is 15.9 Å². The number of carbonyl (C=O) groups is 1. The normalized spacial score (nSPS) is 11.9. The fourth-order valence-electron chi connectivity index (χ4n) is 2.24. The molecule has 122 valence electrons. The van der Waals surface area contributed by atoms with Crippen molar-refractivity contribution in [1.29, 1.82) is 0 Å². The summed E-state index contributed by atoms with van der Waals surface area (Å²) >= 11 is 1.42. The van der Waals surface area contributed by atoms with E-state index >= 15 is 0 Å². The highest BCUT2D eigenvalue weighted by atomic mass is 32.2. The highest BCUT2D eigenvalue weighted by Gasteiger charge is 2.17. The van der Waals surface area contributed by atoms with Crippen LogP contribution in [-0.2, 0) is 4.79 Å². The van der Waals surface area contributed by atoms with Gasteiger partial charge >= 0.3 is 0 Å². The number of anilines is 1. The van der Waals surface area contributed by atoms with Crippen LogP contribution < -0.4 is 10.1 Å². The summed E-state index contributed by atoms with van der Waals surface area (Å²) in [6.45, 7) is 1.86. The lowest BCUT2D eigenvalue weighted by molar-refractivity contribution is -0.115. The first-order valence-electron chi connectivity index (χ1n) is 7.48. The van der Waals surface area contributed by atoms with Gasteiger partial charge in [-0.25, -0.2) is 9.97 Å². The Kier molecular flexibility index (Phi) is 4.96. The van der Waals surface area contributed by atoms with Crippen LogP contribution in [0.25, 0.3) is 10.9 Å². The number of fused-ring (bicyclic) bond motifs is 1. The summed E-state index contributed by atoms with van der Waals surface area (Å²) in [5.41, 5.74) is 1.58. The van der Waals surface area contributed by atoms with Gasteiger partial charge in [-0.3, -0.25) is 4.79 Å². The molecule has 0 aliphatic heterocycles. The zero-order valence-electron chi connectivity index (χ0n) is 13.4. The van der Waals surface area contributed by atoms with Crippen LogP contribution in [0, 0.1) is 0 Å². The molecule has 3 rings (SSSR count). The number of hydrogen-bond acceptors (Lipinski definition) is 5. The Morgan fingerprint density at radius 3 is 2.83 bits per heavy atom. The second-order valence-corrected chi connectivity index (χ2v) is 6.51. The summed E-state index contributed by atoms with van der Waals surface area (Å²) in [5.74, 6) is 0.617. The maximum Gasteiger partial charge on any atom is 0.237 e. The lowest BCUT2D eigenvalue weighted by Gasteiger charge is -2.13. The van der Waals surface area contributed by atoms with Gasteiger partial charge in [0.05, 0.1) is 17.9 Å². The molecule has 0 saturated heterocycles. The van der Waals surface area contributed by atoms with Crippen LogP contribution in [0.3, 0.4) is 0 Å². The van der Waals surface area contributed by atoms with Gasteiger partial charge in [-0.1, -0.05) is 36.0 Å². The number of nitrogens with zero attached hydrogens (tertiary/aromatic N) is 2. The molecule has 0 radical (unpaired) electrons. The molecule has 0 saturated carbocycles. The standard InChI is InChI=1S/C18H17N3O2S/c1-12(17(22)21-13-6-5-7-14(10-13)23-2)24-18-15-8-3-4-9-16(15)19-11-20-18/h3-12H,1-2H3,(H,21,22)/t12-/m1/s1. The van der Waals surface area contributed by atoms with Gasteiger partial charge in [0, 0.05) is 17.1 Å². The van der Waals surface area contributed by atoms with E-state index in [-0.39, 0.29) is 11.2 Å². The smallest absolute Gasteiger partial charge is 0.237 e. The first-order chi connectivity index (χ1) is 11.7. The van der Waals surface area contributed by atoms with Crippen molar-refractivity contribution in [3.63, 3.8) is 0 Å². The van der Waals surface area contributed by atoms with Crippen molar-refractivity contribution >= 4 is 34.3 Å². The zero-order valence-corrected chi connectivity index (χ0v) is 14.2. The Morgan fingerprint density at radius 2 is 2.00 bits per heavy atom. The van der Waals surface area contributed by atoms with E-state index in [1.165, 1.54) is 18.1 Å². The number of para-hydroxylation sites is 1. The van der Waals surface area contributed by atoms with Gasteiger partial charge in [-0.05, 0) is 25.1 Å². The van der Waals surface area contributed by atoms with Crippen LogP contribution >= 0.6 is 11.8 Å². The van der Waals surface area contributed by atoms with E-state index in [2.05, 4.69) is 15.3 Å². The molecule has 0 unspecified atom stereocenters. The van der Waals surface area contributed by atoms with Crippen LogP contribution in [0.1, 0.15) is 6.92 Å². The van der Waals surface area contributed by atoms with Gasteiger partial charge in [-0.2, -0.15) is 0 Å². The molecule has 5 nitrogen and oxygen atoms in total. The average Bonchev–Trinajstić information content (AvgIpc) is 2.62. The summed E-state index contributed by atoms with van der Waals surface area (Å²) in [5, 5.41) is 4.35. The summed E-state index contributed by atoms with van der Waals surface area (Å²) in [6, 6.07) is 15.1. The molecule has 0 spiro atoms. The first kappa shape index (κ1) is 16.3. The molecule has 0 aliphatic rings. The molecule has 6 heteroatoms. The SMILES string of the molecule is COc1cccc(NC(=O)[C@@H](C)Sc2ncnc3ccccc23)c1. The Hall–Kier alpha value is -2.60. The number of rotatable bonds is 5. The van der Waals surface area contributed by atoms with Crippen molar-refractivity contribution in [2.75, 3.05) is 12.4 Å². The van der Waals surface area contributed by atoms with E-state index in [4.69, 9.17) is 4.74 Å². The van der Waals surface area contributed by atoms with Crippen molar-refractivity contribution < 1.29 is 9.53 Å². The lowest BCUT2D eigenvalue weighted by Crippen LogP contribution is -2.22. The van der Waals surface area contributed by atoms with Gasteiger partial charge in [0.15, 0.2) is 0 Å². The molecule has 1 N–H and O–H groups in total. The summed E-state index contributed by atoms with van der Waals surface area (Å²) in [7, 11) is 1.60. The minimum Gasteiger partial charge on any atom is -0.497 e. The summed E-state index contributed by atoms with van der Waals surface area (Å²) in [4.78, 5) is 21.0. The van der Waals surface area contributed by atoms with Gasteiger partial charge < -0.3 is 10.1 Å². The predicted molar refractivity (Wildman–Crippen MR) is 96.5 cm³/mol. The third-order valence-corrected chi connectivity index (χ3v) is 4.62. The van der Waals surface area contributed by atoms with E-state index in [1.54, 1.807) is 13.2 Å². The Balaban J connectivity index is 1.73. The monoisotopic (exact) mass is 339 g/mol. The minimum atomic E-state index is -0.297. The van der Waals surface area contributed by atoms with Crippen molar-refractivity contribution in [1.82, 2.24) is 9.97 Å². The molecule has 0 aliphatic carbocycles. The molecular weight excluding hydrogens is 322 g/mol. The van der Waals surface area contributed by atoms with Crippen LogP contribution in [0.4, 0.5) is 5.69 Å². The molecule has 2 aromatic carbocycles. The molecule has 0 bridgehead atoms. The number of aromatic nitrogens is 2. The van der Waals surface area contributed by atoms with Crippen molar-refractivity contribution in [3.8, 4) is 5.75 Å². The second kappa shape index (κ2) is 7.31. The number of hydrogen-bond donors (Lipinski definition) is 1. The maximum absolute atomic E-state index is 12.4. The molecule has 0 fully saturated rings. The Labute approximate surface area is 144 Å². The highest BCUT2D eigenvalue weighted by Crippen LogP contribution is 2.28. The van der Waals surface area contributed by atoms with Crippen molar-refractivity contribution in [2.24, 2.45) is 0 Å². The highest BCUT2D eigenvalue weighted by molar-refractivity contribution is 8.00. The molecule has 1 amide bonds. The average molecular weight is 339 g/mol. The third kappa shape index (κ3) is 3.65. The van der Waals surface area contributed by atoms with E-state index in [0.29, 0.717) is 11.4 Å². The van der Waals surface area contributed by atoms with Crippen LogP contribution in [0.2, 0.25) is 0 Å². The Morgan fingerprint density at radius 1 is 1.17 bits per heavy atom. The van der Waals surface area contributed by atoms with Crippen LogP contribution in [-0.4, -0.2) is 28.2 Å². The molecular formula is C18H17N3O2S. The number of carbonyl (C=O) groups excluding carboxylic acids is 1. The molecule has 1 heterocycles. The molecule has 3 aromatic rings. The number of ether oxygens (including phenoxy) is 1. The number of benzene rings is 2. The van der Waals surface area contributed by atoms with Gasteiger partial charge in [-0.15, -0.1) is 0 Å². The van der Waals surface area contributed by atoms with E-state index < -0.39 is 0 Å². The van der Waals surface area contributed by atoms with Crippen molar-refractivity contribution in [2.45, 2.75) is 17.2 Å². The lowest BCUT2D eigenvalue weighted by atomic mass is 10.2. The number of amides is 1. The second-order valence-electron chi connectivity index (χ2n) is 5.18. The molecule has 1 atom stereocenters. The largest absolute Gasteiger partial charge is 0.497 e. The van der Waals surface area contributed by atoms with Crippen LogP contribution in [0.5, 0.6) is 5.75 Å². The zero-order chi connectivity index (χ0) is 16.9. The van der Waals surface area contributed by atoms with Crippen molar-refractivity contribution in [3.05, 3.63) is 54.9 Å². The molecule has 24 heavy (non-hydrogen) atoms. The Bertz CT molecular complexity index is 864. The fourth-order valence-corrected chi connectivity index (χ4v) is 3.15. The topological polar surface area (TPSA) is 64.1 Å². The fraction of sp³-hybridized carbons (Fsp3) is 0.167. The predicted octanol–water partition coefficient (Wildman–Crippen LogP) is 3.76. The van der Waals surface area contributed by atoms with Crippen LogP contribution in [0.15, 0.2) is 59.9 Å². The van der Waals surface area contributed by atoms with Gasteiger partial charge in [0.1, 0.15) is 17.1 Å².